The normalized spacial score (nSPS) is 22.6. The second kappa shape index (κ2) is 6.16. The Morgan fingerprint density at radius 1 is 1.38 bits per heavy atom. The van der Waals surface area contributed by atoms with Crippen molar-refractivity contribution in [3.8, 4) is 0 Å². The second-order valence-corrected chi connectivity index (χ2v) is 6.36. The van der Waals surface area contributed by atoms with Gasteiger partial charge < -0.3 is 10.3 Å². The van der Waals surface area contributed by atoms with Crippen molar-refractivity contribution in [3.63, 3.8) is 0 Å². The molecule has 1 fully saturated rings. The van der Waals surface area contributed by atoms with Crippen molar-refractivity contribution in [3.05, 3.63) is 39.4 Å². The van der Waals surface area contributed by atoms with E-state index >= 15 is 0 Å². The van der Waals surface area contributed by atoms with Crippen LogP contribution in [-0.2, 0) is 6.54 Å². The summed E-state index contributed by atoms with van der Waals surface area (Å²) < 4.78 is 0. The zero-order valence-electron chi connectivity index (χ0n) is 12.2. The standard InChI is InChI=1S/C16H20ClN3O/c1-10-4-2-3-5-13(10)18-9-15-19-14-8-11(17)6-7-12(14)16(21)20-15/h6-8,10,13,18H,2-5,9H2,1H3,(H,19,20,21). The molecule has 1 aliphatic carbocycles. The van der Waals surface area contributed by atoms with Gasteiger partial charge in [0.05, 0.1) is 17.4 Å². The van der Waals surface area contributed by atoms with Crippen LogP contribution in [0.2, 0.25) is 5.02 Å². The average molecular weight is 306 g/mol. The monoisotopic (exact) mass is 305 g/mol. The zero-order valence-corrected chi connectivity index (χ0v) is 12.9. The lowest BCUT2D eigenvalue weighted by Crippen LogP contribution is -2.37. The molecule has 1 saturated carbocycles. The smallest absolute Gasteiger partial charge is 0.258 e. The Morgan fingerprint density at radius 3 is 3.00 bits per heavy atom. The van der Waals surface area contributed by atoms with Crippen LogP contribution in [0.1, 0.15) is 38.4 Å². The number of aromatic amines is 1. The van der Waals surface area contributed by atoms with Crippen molar-refractivity contribution in [2.75, 3.05) is 0 Å². The molecule has 1 heterocycles. The number of fused-ring (bicyclic) bond motifs is 1. The van der Waals surface area contributed by atoms with Gasteiger partial charge in [0, 0.05) is 11.1 Å². The van der Waals surface area contributed by atoms with E-state index in [1.165, 1.54) is 25.7 Å². The van der Waals surface area contributed by atoms with Gasteiger partial charge in [-0.1, -0.05) is 31.4 Å². The zero-order chi connectivity index (χ0) is 14.8. The van der Waals surface area contributed by atoms with Crippen molar-refractivity contribution in [1.29, 1.82) is 0 Å². The highest BCUT2D eigenvalue weighted by Gasteiger charge is 2.20. The average Bonchev–Trinajstić information content (AvgIpc) is 2.46. The second-order valence-electron chi connectivity index (χ2n) is 5.92. The molecule has 1 aliphatic rings. The van der Waals surface area contributed by atoms with Crippen LogP contribution >= 0.6 is 11.6 Å². The van der Waals surface area contributed by atoms with Gasteiger partial charge in [0.2, 0.25) is 0 Å². The third kappa shape index (κ3) is 3.27. The molecule has 4 nitrogen and oxygen atoms in total. The Labute approximate surface area is 128 Å². The lowest BCUT2D eigenvalue weighted by Gasteiger charge is -2.29. The van der Waals surface area contributed by atoms with Gasteiger partial charge in [0.1, 0.15) is 5.82 Å². The van der Waals surface area contributed by atoms with Gasteiger partial charge in [0.15, 0.2) is 0 Å². The van der Waals surface area contributed by atoms with E-state index in [1.54, 1.807) is 18.2 Å². The van der Waals surface area contributed by atoms with Crippen molar-refractivity contribution in [1.82, 2.24) is 15.3 Å². The molecule has 0 amide bonds. The summed E-state index contributed by atoms with van der Waals surface area (Å²) in [7, 11) is 0. The van der Waals surface area contributed by atoms with Crippen LogP contribution in [-0.4, -0.2) is 16.0 Å². The molecule has 2 aromatic rings. The van der Waals surface area contributed by atoms with E-state index in [4.69, 9.17) is 11.6 Å². The Balaban J connectivity index is 1.79. The predicted molar refractivity (Wildman–Crippen MR) is 85.6 cm³/mol. The molecule has 0 bridgehead atoms. The van der Waals surface area contributed by atoms with Crippen LogP contribution in [0.4, 0.5) is 0 Å². The van der Waals surface area contributed by atoms with E-state index in [9.17, 15) is 4.79 Å². The molecule has 1 aromatic heterocycles. The van der Waals surface area contributed by atoms with Crippen molar-refractivity contribution in [2.45, 2.75) is 45.2 Å². The number of halogens is 1. The van der Waals surface area contributed by atoms with Gasteiger partial charge in [-0.25, -0.2) is 4.98 Å². The van der Waals surface area contributed by atoms with E-state index in [1.807, 2.05) is 0 Å². The molecule has 3 rings (SSSR count). The molecule has 5 heteroatoms. The van der Waals surface area contributed by atoms with Gasteiger partial charge in [-0.05, 0) is 37.0 Å². The first-order valence-electron chi connectivity index (χ1n) is 7.55. The largest absolute Gasteiger partial charge is 0.309 e. The van der Waals surface area contributed by atoms with Crippen molar-refractivity contribution in [2.24, 2.45) is 5.92 Å². The first-order chi connectivity index (χ1) is 10.1. The van der Waals surface area contributed by atoms with E-state index in [2.05, 4.69) is 22.2 Å². The number of nitrogens with zero attached hydrogens (tertiary/aromatic N) is 1. The fourth-order valence-electron chi connectivity index (χ4n) is 3.09. The van der Waals surface area contributed by atoms with E-state index < -0.39 is 0 Å². The number of H-pyrrole nitrogens is 1. The minimum atomic E-state index is -0.106. The number of benzene rings is 1. The Morgan fingerprint density at radius 2 is 2.19 bits per heavy atom. The molecule has 0 radical (unpaired) electrons. The first kappa shape index (κ1) is 14.5. The van der Waals surface area contributed by atoms with Gasteiger partial charge in [-0.15, -0.1) is 0 Å². The molecule has 0 spiro atoms. The maximum atomic E-state index is 12.1. The molecular formula is C16H20ClN3O. The minimum Gasteiger partial charge on any atom is -0.309 e. The highest BCUT2D eigenvalue weighted by molar-refractivity contribution is 6.31. The molecule has 0 saturated heterocycles. The molecule has 2 unspecified atom stereocenters. The highest BCUT2D eigenvalue weighted by atomic mass is 35.5. The summed E-state index contributed by atoms with van der Waals surface area (Å²) >= 11 is 5.97. The fourth-order valence-corrected chi connectivity index (χ4v) is 3.26. The van der Waals surface area contributed by atoms with Gasteiger partial charge in [0.25, 0.3) is 5.56 Å². The topological polar surface area (TPSA) is 57.8 Å². The molecule has 1 aromatic carbocycles. The number of hydrogen-bond donors (Lipinski definition) is 2. The molecule has 21 heavy (non-hydrogen) atoms. The Bertz CT molecular complexity index is 697. The van der Waals surface area contributed by atoms with Gasteiger partial charge in [-0.2, -0.15) is 0 Å². The highest BCUT2D eigenvalue weighted by Crippen LogP contribution is 2.23. The SMILES string of the molecule is CC1CCCCC1NCc1nc2cc(Cl)ccc2c(=O)[nH]1. The van der Waals surface area contributed by atoms with E-state index in [0.29, 0.717) is 40.3 Å². The number of hydrogen-bond acceptors (Lipinski definition) is 3. The Kier molecular flexibility index (Phi) is 4.27. The maximum Gasteiger partial charge on any atom is 0.258 e. The predicted octanol–water partition coefficient (Wildman–Crippen LogP) is 3.24. The Hall–Kier alpha value is -1.39. The summed E-state index contributed by atoms with van der Waals surface area (Å²) in [6.07, 6.45) is 5.07. The summed E-state index contributed by atoms with van der Waals surface area (Å²) in [5, 5.41) is 4.70. The van der Waals surface area contributed by atoms with Crippen LogP contribution in [0.25, 0.3) is 10.9 Å². The summed E-state index contributed by atoms with van der Waals surface area (Å²) in [5.41, 5.74) is 0.546. The first-order valence-corrected chi connectivity index (χ1v) is 7.93. The van der Waals surface area contributed by atoms with Gasteiger partial charge >= 0.3 is 0 Å². The summed E-state index contributed by atoms with van der Waals surface area (Å²) in [6, 6.07) is 5.67. The molecule has 0 aliphatic heterocycles. The number of nitrogens with one attached hydrogen (secondary N) is 2. The lowest BCUT2D eigenvalue weighted by molar-refractivity contribution is 0.278. The van der Waals surface area contributed by atoms with Crippen LogP contribution in [0.15, 0.2) is 23.0 Å². The summed E-state index contributed by atoms with van der Waals surface area (Å²) in [6.45, 7) is 2.87. The van der Waals surface area contributed by atoms with Gasteiger partial charge in [-0.3, -0.25) is 4.79 Å². The lowest BCUT2D eigenvalue weighted by atomic mass is 9.86. The molecule has 112 valence electrons. The fraction of sp³-hybridized carbons (Fsp3) is 0.500. The molecular weight excluding hydrogens is 286 g/mol. The molecule has 2 atom stereocenters. The third-order valence-corrected chi connectivity index (χ3v) is 4.60. The van der Waals surface area contributed by atoms with Crippen LogP contribution in [0, 0.1) is 5.92 Å². The quantitative estimate of drug-likeness (QED) is 0.915. The van der Waals surface area contributed by atoms with E-state index in [-0.39, 0.29) is 5.56 Å². The molecule has 2 N–H and O–H groups in total. The van der Waals surface area contributed by atoms with Crippen LogP contribution in [0.5, 0.6) is 0 Å². The maximum absolute atomic E-state index is 12.1. The van der Waals surface area contributed by atoms with E-state index in [0.717, 1.165) is 0 Å². The van der Waals surface area contributed by atoms with Crippen molar-refractivity contribution >= 4 is 22.5 Å². The van der Waals surface area contributed by atoms with Crippen LogP contribution < -0.4 is 10.9 Å². The van der Waals surface area contributed by atoms with Crippen molar-refractivity contribution < 1.29 is 0 Å². The van der Waals surface area contributed by atoms with Crippen LogP contribution in [0.3, 0.4) is 0 Å². The minimum absolute atomic E-state index is 0.106. The number of rotatable bonds is 3. The summed E-state index contributed by atoms with van der Waals surface area (Å²) in [4.78, 5) is 19.4. The summed E-state index contributed by atoms with van der Waals surface area (Å²) in [5.74, 6) is 1.35. The number of aromatic nitrogens is 2. The third-order valence-electron chi connectivity index (χ3n) is 4.36.